The van der Waals surface area contributed by atoms with Crippen LogP contribution >= 0.6 is 11.8 Å². The molecular weight excluding hydrogens is 188 g/mol. The van der Waals surface area contributed by atoms with E-state index >= 15 is 0 Å². The summed E-state index contributed by atoms with van der Waals surface area (Å²) in [4.78, 5) is 22.3. The second kappa shape index (κ2) is 2.35. The zero-order valence-electron chi connectivity index (χ0n) is 6.65. The van der Waals surface area contributed by atoms with Gasteiger partial charge >= 0.3 is 0 Å². The molecule has 3 rings (SSSR count). The summed E-state index contributed by atoms with van der Waals surface area (Å²) in [7, 11) is 0. The molecule has 2 aromatic heterocycles. The van der Waals surface area contributed by atoms with E-state index in [9.17, 15) is 4.79 Å². The van der Waals surface area contributed by atoms with Gasteiger partial charge in [-0.15, -0.1) is 11.8 Å². The average molecular weight is 194 g/mol. The van der Waals surface area contributed by atoms with Gasteiger partial charge < -0.3 is 9.55 Å². The van der Waals surface area contributed by atoms with Crippen molar-refractivity contribution in [1.82, 2.24) is 19.5 Å². The molecule has 0 fully saturated rings. The highest BCUT2D eigenvalue weighted by molar-refractivity contribution is 7.97. The normalized spacial score (nSPS) is 15.1. The standard InChI is InChI=1S/C7H6N4OS/c12-7-5-6(8-2-9-7)10-4-1-13-3-11(4)5/h2H,1,3H2,(H,8,9,12). The maximum Gasteiger partial charge on any atom is 0.277 e. The molecule has 0 saturated carbocycles. The van der Waals surface area contributed by atoms with Crippen molar-refractivity contribution < 1.29 is 0 Å². The number of thioether (sulfide) groups is 1. The van der Waals surface area contributed by atoms with Gasteiger partial charge in [-0.1, -0.05) is 0 Å². The quantitative estimate of drug-likeness (QED) is 0.656. The SMILES string of the molecule is O=c1[nH]cnc2nc3n(c12)CSC3. The summed E-state index contributed by atoms with van der Waals surface area (Å²) in [6, 6.07) is 0. The van der Waals surface area contributed by atoms with Crippen LogP contribution in [0.25, 0.3) is 11.2 Å². The predicted molar refractivity (Wildman–Crippen MR) is 49.4 cm³/mol. The first-order valence-electron chi connectivity index (χ1n) is 3.87. The van der Waals surface area contributed by atoms with Gasteiger partial charge in [0.05, 0.1) is 18.0 Å². The van der Waals surface area contributed by atoms with Crippen LogP contribution in [0.5, 0.6) is 0 Å². The van der Waals surface area contributed by atoms with Crippen molar-refractivity contribution in [1.29, 1.82) is 0 Å². The number of aromatic amines is 1. The van der Waals surface area contributed by atoms with Crippen LogP contribution < -0.4 is 5.56 Å². The van der Waals surface area contributed by atoms with Crippen LogP contribution in [0.2, 0.25) is 0 Å². The third kappa shape index (κ3) is 0.859. The largest absolute Gasteiger partial charge is 0.311 e. The Bertz CT molecular complexity index is 529. The van der Waals surface area contributed by atoms with E-state index in [2.05, 4.69) is 15.0 Å². The van der Waals surface area contributed by atoms with Gasteiger partial charge in [0.2, 0.25) is 0 Å². The van der Waals surface area contributed by atoms with Gasteiger partial charge in [-0.3, -0.25) is 4.79 Å². The van der Waals surface area contributed by atoms with Crippen LogP contribution in [0.15, 0.2) is 11.1 Å². The third-order valence-electron chi connectivity index (χ3n) is 2.08. The molecule has 2 aromatic rings. The highest BCUT2D eigenvalue weighted by Crippen LogP contribution is 2.25. The van der Waals surface area contributed by atoms with Crippen molar-refractivity contribution in [2.24, 2.45) is 0 Å². The Morgan fingerprint density at radius 3 is 3.46 bits per heavy atom. The predicted octanol–water partition coefficient (Wildman–Crippen LogP) is 0.324. The van der Waals surface area contributed by atoms with E-state index in [0.29, 0.717) is 11.2 Å². The van der Waals surface area contributed by atoms with E-state index in [0.717, 1.165) is 17.5 Å². The fourth-order valence-corrected chi connectivity index (χ4v) is 2.45. The van der Waals surface area contributed by atoms with Crippen molar-refractivity contribution in [3.05, 3.63) is 22.5 Å². The number of H-pyrrole nitrogens is 1. The Hall–Kier alpha value is -1.30. The molecule has 3 heterocycles. The van der Waals surface area contributed by atoms with E-state index in [-0.39, 0.29) is 5.56 Å². The summed E-state index contributed by atoms with van der Waals surface area (Å²) < 4.78 is 1.92. The van der Waals surface area contributed by atoms with Gasteiger partial charge in [0, 0.05) is 0 Å². The summed E-state index contributed by atoms with van der Waals surface area (Å²) in [5, 5.41) is 0. The molecule has 1 aliphatic heterocycles. The maximum atomic E-state index is 11.4. The molecule has 1 N–H and O–H groups in total. The highest BCUT2D eigenvalue weighted by Gasteiger charge is 2.18. The molecule has 0 bridgehead atoms. The number of rotatable bonds is 0. The minimum absolute atomic E-state index is 0.105. The Morgan fingerprint density at radius 2 is 2.54 bits per heavy atom. The van der Waals surface area contributed by atoms with Crippen molar-refractivity contribution in [2.45, 2.75) is 11.6 Å². The van der Waals surface area contributed by atoms with E-state index in [4.69, 9.17) is 0 Å². The van der Waals surface area contributed by atoms with Gasteiger partial charge in [0.15, 0.2) is 11.2 Å². The monoisotopic (exact) mass is 194 g/mol. The molecule has 0 aliphatic carbocycles. The highest BCUT2D eigenvalue weighted by atomic mass is 32.2. The molecule has 0 saturated heterocycles. The molecule has 0 atom stereocenters. The van der Waals surface area contributed by atoms with Gasteiger partial charge in [0.1, 0.15) is 5.82 Å². The van der Waals surface area contributed by atoms with Crippen LogP contribution in [-0.2, 0) is 11.6 Å². The Morgan fingerprint density at radius 1 is 1.62 bits per heavy atom. The van der Waals surface area contributed by atoms with E-state index in [1.54, 1.807) is 11.8 Å². The third-order valence-corrected chi connectivity index (χ3v) is 2.98. The molecular formula is C7H6N4OS. The summed E-state index contributed by atoms with van der Waals surface area (Å²) in [5.74, 6) is 2.63. The molecule has 0 radical (unpaired) electrons. The van der Waals surface area contributed by atoms with Crippen LogP contribution in [-0.4, -0.2) is 19.5 Å². The van der Waals surface area contributed by atoms with E-state index in [1.807, 2.05) is 4.57 Å². The Balaban J connectivity index is 2.53. The molecule has 13 heavy (non-hydrogen) atoms. The second-order valence-corrected chi connectivity index (χ2v) is 3.79. The molecule has 66 valence electrons. The van der Waals surface area contributed by atoms with E-state index in [1.165, 1.54) is 6.33 Å². The first-order chi connectivity index (χ1) is 6.36. The molecule has 0 unspecified atom stereocenters. The molecule has 0 aromatic carbocycles. The van der Waals surface area contributed by atoms with Gasteiger partial charge in [-0.25, -0.2) is 9.97 Å². The van der Waals surface area contributed by atoms with Crippen LogP contribution in [0.3, 0.4) is 0 Å². The average Bonchev–Trinajstić information content (AvgIpc) is 2.62. The summed E-state index contributed by atoms with van der Waals surface area (Å²) >= 11 is 1.75. The lowest BCUT2D eigenvalue weighted by Gasteiger charge is -1.93. The Labute approximate surface area is 77.2 Å². The van der Waals surface area contributed by atoms with Gasteiger partial charge in [-0.05, 0) is 0 Å². The fraction of sp³-hybridized carbons (Fsp3) is 0.286. The van der Waals surface area contributed by atoms with Crippen molar-refractivity contribution in [3.8, 4) is 0 Å². The number of hydrogen-bond acceptors (Lipinski definition) is 4. The number of aromatic nitrogens is 4. The Kier molecular flexibility index (Phi) is 1.29. The number of hydrogen-bond donors (Lipinski definition) is 1. The molecule has 1 aliphatic rings. The summed E-state index contributed by atoms with van der Waals surface area (Å²) in [5.41, 5.74) is 1.05. The minimum Gasteiger partial charge on any atom is -0.311 e. The van der Waals surface area contributed by atoms with Crippen LogP contribution in [0.1, 0.15) is 5.82 Å². The maximum absolute atomic E-state index is 11.4. The van der Waals surface area contributed by atoms with Gasteiger partial charge in [0.25, 0.3) is 5.56 Å². The minimum atomic E-state index is -0.105. The topological polar surface area (TPSA) is 63.6 Å². The van der Waals surface area contributed by atoms with Gasteiger partial charge in [-0.2, -0.15) is 0 Å². The second-order valence-electron chi connectivity index (χ2n) is 2.84. The lowest BCUT2D eigenvalue weighted by atomic mass is 10.5. The molecule has 0 amide bonds. The first kappa shape index (κ1) is 7.14. The number of fused-ring (bicyclic) bond motifs is 3. The molecule has 6 heteroatoms. The smallest absolute Gasteiger partial charge is 0.277 e. The fourth-order valence-electron chi connectivity index (χ4n) is 1.50. The lowest BCUT2D eigenvalue weighted by Crippen LogP contribution is -2.09. The zero-order valence-corrected chi connectivity index (χ0v) is 7.47. The number of imidazole rings is 1. The van der Waals surface area contributed by atoms with Crippen molar-refractivity contribution in [3.63, 3.8) is 0 Å². The summed E-state index contributed by atoms with van der Waals surface area (Å²) in [6.45, 7) is 0. The van der Waals surface area contributed by atoms with Crippen molar-refractivity contribution >= 4 is 22.9 Å². The lowest BCUT2D eigenvalue weighted by molar-refractivity contribution is 0.889. The molecule has 0 spiro atoms. The molecule has 5 nitrogen and oxygen atoms in total. The van der Waals surface area contributed by atoms with Crippen LogP contribution in [0, 0.1) is 0 Å². The number of nitrogens with one attached hydrogen (secondary N) is 1. The van der Waals surface area contributed by atoms with Crippen LogP contribution in [0.4, 0.5) is 0 Å². The zero-order chi connectivity index (χ0) is 8.84. The first-order valence-corrected chi connectivity index (χ1v) is 5.02. The number of nitrogens with zero attached hydrogens (tertiary/aromatic N) is 3. The van der Waals surface area contributed by atoms with E-state index < -0.39 is 0 Å². The van der Waals surface area contributed by atoms with Crippen molar-refractivity contribution in [2.75, 3.05) is 0 Å². The summed E-state index contributed by atoms with van der Waals surface area (Å²) in [6.07, 6.45) is 1.39.